The number of aromatic nitrogens is 4. The zero-order valence-corrected chi connectivity index (χ0v) is 18.2. The fraction of sp³-hybridized carbons (Fsp3) is 0.364. The van der Waals surface area contributed by atoms with Crippen LogP contribution in [0.1, 0.15) is 18.4 Å². The molecule has 0 radical (unpaired) electrons. The number of aliphatic hydroxyl groups is 1. The molecule has 3 aromatic rings. The third-order valence-corrected chi connectivity index (χ3v) is 6.23. The molecule has 3 N–H and O–H groups in total. The number of hydrogen-bond donors (Lipinski definition) is 2. The molecule has 0 unspecified atom stereocenters. The average molecular weight is 448 g/mol. The number of nitrogens with two attached hydrogens (primary N) is 1. The molecule has 11 nitrogen and oxygen atoms in total. The molecule has 0 bridgehead atoms. The van der Waals surface area contributed by atoms with Crippen LogP contribution in [0.4, 0.5) is 16.4 Å². The number of nitrogen functional groups attached to an aromatic ring is 1. The molecular weight excluding hydrogens is 424 g/mol. The van der Waals surface area contributed by atoms with Crippen LogP contribution in [0, 0.1) is 0 Å². The minimum Gasteiger partial charge on any atom is -0.387 e. The third-order valence-electron chi connectivity index (χ3n) is 6.23. The van der Waals surface area contributed by atoms with Gasteiger partial charge in [-0.1, -0.05) is 0 Å². The molecule has 3 aromatic heterocycles. The van der Waals surface area contributed by atoms with E-state index in [-0.39, 0.29) is 23.9 Å². The van der Waals surface area contributed by atoms with Crippen LogP contribution < -0.4 is 10.6 Å². The minimum absolute atomic E-state index is 0.0994. The first kappa shape index (κ1) is 21.0. The van der Waals surface area contributed by atoms with Gasteiger partial charge in [-0.2, -0.15) is 0 Å². The van der Waals surface area contributed by atoms with Crippen molar-refractivity contribution in [1.82, 2.24) is 29.7 Å². The summed E-state index contributed by atoms with van der Waals surface area (Å²) in [7, 11) is 1.77. The van der Waals surface area contributed by atoms with Gasteiger partial charge in [-0.15, -0.1) is 0 Å². The van der Waals surface area contributed by atoms with Crippen LogP contribution in [0.25, 0.3) is 22.3 Å². The second kappa shape index (κ2) is 8.24. The number of fused-ring (bicyclic) bond motifs is 3. The van der Waals surface area contributed by atoms with E-state index < -0.39 is 6.61 Å². The zero-order chi connectivity index (χ0) is 23.1. The SMILES string of the molecule is CN1Cc2cnc3ccc(-c4cnc(N)nc4)nc3c2N(C2CCN(C(=O)CO)CC2)C1=O. The van der Waals surface area contributed by atoms with Gasteiger partial charge in [-0.25, -0.2) is 19.7 Å². The van der Waals surface area contributed by atoms with Crippen molar-refractivity contribution in [3.8, 4) is 11.3 Å². The number of aliphatic hydroxyl groups excluding tert-OH is 1. The van der Waals surface area contributed by atoms with Gasteiger partial charge in [-0.05, 0) is 25.0 Å². The molecule has 11 heteroatoms. The topological polar surface area (TPSA) is 142 Å². The van der Waals surface area contributed by atoms with Crippen LogP contribution in [0.3, 0.4) is 0 Å². The summed E-state index contributed by atoms with van der Waals surface area (Å²) in [6.07, 6.45) is 6.25. The van der Waals surface area contributed by atoms with E-state index in [2.05, 4.69) is 15.0 Å². The Kier molecular flexibility index (Phi) is 5.25. The first-order valence-corrected chi connectivity index (χ1v) is 10.8. The highest BCUT2D eigenvalue weighted by Crippen LogP contribution is 2.37. The molecule has 0 aliphatic carbocycles. The third kappa shape index (κ3) is 3.69. The predicted molar refractivity (Wildman–Crippen MR) is 121 cm³/mol. The van der Waals surface area contributed by atoms with E-state index in [9.17, 15) is 9.59 Å². The highest BCUT2D eigenvalue weighted by atomic mass is 16.3. The van der Waals surface area contributed by atoms with Gasteiger partial charge >= 0.3 is 6.03 Å². The molecule has 33 heavy (non-hydrogen) atoms. The number of anilines is 2. The maximum absolute atomic E-state index is 13.3. The van der Waals surface area contributed by atoms with Gasteiger partial charge < -0.3 is 20.6 Å². The fourth-order valence-corrected chi connectivity index (χ4v) is 4.52. The molecule has 0 atom stereocenters. The number of urea groups is 1. The quantitative estimate of drug-likeness (QED) is 0.605. The summed E-state index contributed by atoms with van der Waals surface area (Å²) < 4.78 is 0. The van der Waals surface area contributed by atoms with Gasteiger partial charge in [0, 0.05) is 55.9 Å². The molecule has 0 spiro atoms. The molecule has 5 heterocycles. The monoisotopic (exact) mass is 448 g/mol. The standard InChI is InChI=1S/C22H24N8O3/c1-28-11-14-10-24-17-3-2-16(13-8-25-21(23)26-9-13)27-19(17)20(14)30(22(28)33)15-4-6-29(7-5-15)18(32)12-31/h2-3,8-10,15,31H,4-7,11-12H2,1H3,(H2,23,25,26). The number of rotatable bonds is 3. The number of pyridine rings is 2. The number of carbonyl (C=O) groups excluding carboxylic acids is 2. The van der Waals surface area contributed by atoms with E-state index in [4.69, 9.17) is 15.8 Å². The van der Waals surface area contributed by atoms with Gasteiger partial charge in [0.15, 0.2) is 0 Å². The molecule has 3 amide bonds. The number of amides is 3. The lowest BCUT2D eigenvalue weighted by Gasteiger charge is -2.43. The van der Waals surface area contributed by atoms with Crippen LogP contribution in [-0.2, 0) is 11.3 Å². The van der Waals surface area contributed by atoms with E-state index in [0.29, 0.717) is 54.8 Å². The molecular formula is C22H24N8O3. The second-order valence-corrected chi connectivity index (χ2v) is 8.30. The molecule has 5 rings (SSSR count). The fourth-order valence-electron chi connectivity index (χ4n) is 4.52. The van der Waals surface area contributed by atoms with Crippen molar-refractivity contribution < 1.29 is 14.7 Å². The van der Waals surface area contributed by atoms with Gasteiger partial charge in [0.05, 0.1) is 23.4 Å². The number of likely N-dealkylation sites (tertiary alicyclic amines) is 1. The number of carbonyl (C=O) groups is 2. The molecule has 1 saturated heterocycles. The Hall–Kier alpha value is -3.86. The van der Waals surface area contributed by atoms with Crippen LogP contribution >= 0.6 is 0 Å². The summed E-state index contributed by atoms with van der Waals surface area (Å²) in [5.74, 6) is -0.105. The number of hydrogen-bond acceptors (Lipinski definition) is 8. The van der Waals surface area contributed by atoms with Gasteiger partial charge in [0.25, 0.3) is 0 Å². The van der Waals surface area contributed by atoms with Crippen molar-refractivity contribution in [3.05, 3.63) is 36.3 Å². The smallest absolute Gasteiger partial charge is 0.324 e. The average Bonchev–Trinajstić information content (AvgIpc) is 2.84. The van der Waals surface area contributed by atoms with Crippen LogP contribution in [0.5, 0.6) is 0 Å². The number of nitrogens with zero attached hydrogens (tertiary/aromatic N) is 7. The van der Waals surface area contributed by atoms with Crippen molar-refractivity contribution in [2.75, 3.05) is 37.4 Å². The minimum atomic E-state index is -0.503. The predicted octanol–water partition coefficient (Wildman–Crippen LogP) is 1.02. The summed E-state index contributed by atoms with van der Waals surface area (Å²) in [4.78, 5) is 47.9. The van der Waals surface area contributed by atoms with E-state index in [1.807, 2.05) is 12.1 Å². The molecule has 2 aliphatic rings. The van der Waals surface area contributed by atoms with E-state index >= 15 is 0 Å². The Morgan fingerprint density at radius 1 is 1.15 bits per heavy atom. The lowest BCUT2D eigenvalue weighted by atomic mass is 9.99. The number of piperidine rings is 1. The lowest BCUT2D eigenvalue weighted by Crippen LogP contribution is -2.54. The van der Waals surface area contributed by atoms with E-state index in [1.165, 1.54) is 0 Å². The first-order chi connectivity index (χ1) is 16.0. The molecule has 1 fully saturated rings. The summed E-state index contributed by atoms with van der Waals surface area (Å²) in [6, 6.07) is 3.51. The Morgan fingerprint density at radius 2 is 1.88 bits per heavy atom. The van der Waals surface area contributed by atoms with Gasteiger partial charge in [0.1, 0.15) is 12.1 Å². The summed E-state index contributed by atoms with van der Waals surface area (Å²) in [6.45, 7) is 0.901. The first-order valence-electron chi connectivity index (χ1n) is 10.8. The summed E-state index contributed by atoms with van der Waals surface area (Å²) >= 11 is 0. The molecule has 2 aliphatic heterocycles. The van der Waals surface area contributed by atoms with Gasteiger partial charge in [0.2, 0.25) is 11.9 Å². The normalized spacial score (nSPS) is 16.9. The van der Waals surface area contributed by atoms with Crippen LogP contribution in [0.15, 0.2) is 30.7 Å². The second-order valence-electron chi connectivity index (χ2n) is 8.30. The van der Waals surface area contributed by atoms with Crippen LogP contribution in [0.2, 0.25) is 0 Å². The largest absolute Gasteiger partial charge is 0.387 e. The summed E-state index contributed by atoms with van der Waals surface area (Å²) in [5.41, 5.74) is 9.98. The maximum atomic E-state index is 13.3. The molecule has 170 valence electrons. The molecule has 0 saturated carbocycles. The summed E-state index contributed by atoms with van der Waals surface area (Å²) in [5, 5.41) is 9.17. The lowest BCUT2D eigenvalue weighted by molar-refractivity contribution is -0.135. The van der Waals surface area contributed by atoms with Crippen LogP contribution in [-0.4, -0.2) is 79.6 Å². The van der Waals surface area contributed by atoms with Crippen molar-refractivity contribution in [1.29, 1.82) is 0 Å². The van der Waals surface area contributed by atoms with Gasteiger partial charge in [-0.3, -0.25) is 14.7 Å². The highest BCUT2D eigenvalue weighted by Gasteiger charge is 2.37. The van der Waals surface area contributed by atoms with Crippen molar-refractivity contribution in [2.45, 2.75) is 25.4 Å². The van der Waals surface area contributed by atoms with E-state index in [1.54, 1.807) is 40.3 Å². The zero-order valence-electron chi connectivity index (χ0n) is 18.2. The maximum Gasteiger partial charge on any atom is 0.324 e. The van der Waals surface area contributed by atoms with Crippen molar-refractivity contribution in [3.63, 3.8) is 0 Å². The van der Waals surface area contributed by atoms with Crippen molar-refractivity contribution >= 4 is 34.6 Å². The Labute approximate surface area is 189 Å². The Morgan fingerprint density at radius 3 is 2.58 bits per heavy atom. The molecule has 0 aromatic carbocycles. The highest BCUT2D eigenvalue weighted by molar-refractivity contribution is 6.04. The Bertz CT molecular complexity index is 1220. The van der Waals surface area contributed by atoms with Crippen molar-refractivity contribution in [2.24, 2.45) is 0 Å². The van der Waals surface area contributed by atoms with E-state index in [0.717, 1.165) is 11.3 Å². The Balaban J connectivity index is 1.58.